The van der Waals surface area contributed by atoms with Gasteiger partial charge in [-0.1, -0.05) is 51.0 Å². The fourth-order valence-electron chi connectivity index (χ4n) is 2.34. The van der Waals surface area contributed by atoms with Gasteiger partial charge in [-0.2, -0.15) is 10.5 Å². The van der Waals surface area contributed by atoms with Crippen LogP contribution in [0.1, 0.15) is 50.7 Å². The third kappa shape index (κ3) is 6.12. The average molecular weight is 295 g/mol. The molecule has 1 aromatic carbocycles. The number of nitriles is 2. The summed E-state index contributed by atoms with van der Waals surface area (Å²) < 4.78 is 0. The third-order valence-corrected chi connectivity index (χ3v) is 3.65. The van der Waals surface area contributed by atoms with E-state index in [2.05, 4.69) is 24.8 Å². The number of hydrogen-bond acceptors (Lipinski definition) is 3. The van der Waals surface area contributed by atoms with Crippen LogP contribution in [0.3, 0.4) is 0 Å². The van der Waals surface area contributed by atoms with Crippen LogP contribution < -0.4 is 0 Å². The maximum Gasteiger partial charge on any atom is 0.130 e. The molecule has 0 spiro atoms. The molecule has 3 heteroatoms. The van der Waals surface area contributed by atoms with Crippen LogP contribution in [0, 0.1) is 22.7 Å². The number of rotatable bonds is 9. The molecule has 0 fully saturated rings. The Balaban J connectivity index is 2.92. The first-order valence-electron chi connectivity index (χ1n) is 8.07. The van der Waals surface area contributed by atoms with Gasteiger partial charge in [-0.25, -0.2) is 0 Å². The highest BCUT2D eigenvalue weighted by atomic mass is 15.1. The molecule has 22 heavy (non-hydrogen) atoms. The summed E-state index contributed by atoms with van der Waals surface area (Å²) in [5.41, 5.74) is 2.30. The van der Waals surface area contributed by atoms with Gasteiger partial charge in [-0.15, -0.1) is 0 Å². The second-order valence-electron chi connectivity index (χ2n) is 5.46. The summed E-state index contributed by atoms with van der Waals surface area (Å²) in [6, 6.07) is 11.9. The van der Waals surface area contributed by atoms with Gasteiger partial charge in [0.25, 0.3) is 0 Å². The molecule has 0 N–H and O–H groups in total. The third-order valence-electron chi connectivity index (χ3n) is 3.65. The van der Waals surface area contributed by atoms with Gasteiger partial charge in [0.05, 0.1) is 0 Å². The van der Waals surface area contributed by atoms with E-state index in [1.807, 2.05) is 30.3 Å². The van der Waals surface area contributed by atoms with Gasteiger partial charge < -0.3 is 0 Å². The predicted molar refractivity (Wildman–Crippen MR) is 90.7 cm³/mol. The highest BCUT2D eigenvalue weighted by molar-refractivity contribution is 5.64. The maximum absolute atomic E-state index is 8.94. The van der Waals surface area contributed by atoms with Crippen molar-refractivity contribution in [3.8, 4) is 12.1 Å². The summed E-state index contributed by atoms with van der Waals surface area (Å²) in [6.45, 7) is 7.48. The van der Waals surface area contributed by atoms with E-state index in [1.165, 1.54) is 31.2 Å². The average Bonchev–Trinajstić information content (AvgIpc) is 2.56. The Hall–Kier alpha value is -2.10. The van der Waals surface area contributed by atoms with E-state index in [1.54, 1.807) is 6.08 Å². The molecule has 0 saturated carbocycles. The molecule has 0 bridgehead atoms. The second-order valence-corrected chi connectivity index (χ2v) is 5.46. The van der Waals surface area contributed by atoms with Gasteiger partial charge in [-0.05, 0) is 43.1 Å². The van der Waals surface area contributed by atoms with Gasteiger partial charge in [0.15, 0.2) is 0 Å². The van der Waals surface area contributed by atoms with Crippen molar-refractivity contribution in [2.45, 2.75) is 46.1 Å². The van der Waals surface area contributed by atoms with Crippen LogP contribution in [0.4, 0.5) is 0 Å². The molecular weight excluding hydrogens is 270 g/mol. The van der Waals surface area contributed by atoms with E-state index >= 15 is 0 Å². The summed E-state index contributed by atoms with van der Waals surface area (Å²) in [6.07, 6.45) is 6.47. The highest BCUT2D eigenvalue weighted by Crippen LogP contribution is 2.16. The molecule has 0 aliphatic rings. The van der Waals surface area contributed by atoms with E-state index in [4.69, 9.17) is 10.5 Å². The van der Waals surface area contributed by atoms with Crippen LogP contribution in [-0.4, -0.2) is 18.0 Å². The van der Waals surface area contributed by atoms with Crippen LogP contribution >= 0.6 is 0 Å². The largest absolute Gasteiger partial charge is 0.299 e. The number of hydrogen-bond donors (Lipinski definition) is 0. The molecule has 0 amide bonds. The first-order chi connectivity index (χ1) is 10.7. The smallest absolute Gasteiger partial charge is 0.130 e. The van der Waals surface area contributed by atoms with Gasteiger partial charge in [0.1, 0.15) is 17.7 Å². The lowest BCUT2D eigenvalue weighted by molar-refractivity contribution is 0.257. The summed E-state index contributed by atoms with van der Waals surface area (Å²) in [5, 5.41) is 17.9. The minimum absolute atomic E-state index is 0.154. The first-order valence-corrected chi connectivity index (χ1v) is 8.07. The van der Waals surface area contributed by atoms with Crippen molar-refractivity contribution in [3.63, 3.8) is 0 Å². The van der Waals surface area contributed by atoms with E-state index in [-0.39, 0.29) is 5.57 Å². The molecular formula is C19H25N3. The van der Waals surface area contributed by atoms with E-state index in [9.17, 15) is 0 Å². The van der Waals surface area contributed by atoms with Crippen molar-refractivity contribution in [1.82, 2.24) is 4.90 Å². The molecule has 0 radical (unpaired) electrons. The lowest BCUT2D eigenvalue weighted by Crippen LogP contribution is -2.26. The summed E-state index contributed by atoms with van der Waals surface area (Å²) in [4.78, 5) is 2.47. The van der Waals surface area contributed by atoms with Crippen molar-refractivity contribution < 1.29 is 0 Å². The van der Waals surface area contributed by atoms with E-state index < -0.39 is 0 Å². The fourth-order valence-corrected chi connectivity index (χ4v) is 2.34. The Bertz CT molecular complexity index is 537. The molecule has 3 nitrogen and oxygen atoms in total. The lowest BCUT2D eigenvalue weighted by atomic mass is 10.0. The van der Waals surface area contributed by atoms with Crippen LogP contribution in [0.25, 0.3) is 6.08 Å². The Morgan fingerprint density at radius 3 is 2.18 bits per heavy atom. The molecule has 0 aliphatic carbocycles. The van der Waals surface area contributed by atoms with Gasteiger partial charge in [-0.3, -0.25) is 4.90 Å². The number of unbranched alkanes of at least 4 members (excludes halogenated alkanes) is 2. The van der Waals surface area contributed by atoms with Crippen LogP contribution in [0.5, 0.6) is 0 Å². The summed E-state index contributed by atoms with van der Waals surface area (Å²) in [5.74, 6) is 0. The Kier molecular flexibility index (Phi) is 8.65. The molecule has 0 aromatic heterocycles. The number of nitrogens with zero attached hydrogens (tertiary/aromatic N) is 3. The first kappa shape index (κ1) is 18.0. The Morgan fingerprint density at radius 1 is 1.05 bits per heavy atom. The summed E-state index contributed by atoms with van der Waals surface area (Å²) in [7, 11) is 0. The van der Waals surface area contributed by atoms with Crippen LogP contribution in [0.15, 0.2) is 29.8 Å². The van der Waals surface area contributed by atoms with Crippen molar-refractivity contribution >= 4 is 6.08 Å². The quantitative estimate of drug-likeness (QED) is 0.629. The van der Waals surface area contributed by atoms with Crippen LogP contribution in [0.2, 0.25) is 0 Å². The fraction of sp³-hybridized carbons (Fsp3) is 0.474. The standard InChI is InChI=1S/C19H25N3/c1-3-5-11-22(12-6-4-2)16-19-10-8-7-9-18(19)13-17(14-20)15-21/h7-10,13H,3-6,11-12,16H2,1-2H3. The molecule has 116 valence electrons. The maximum atomic E-state index is 8.94. The van der Waals surface area contributed by atoms with Crippen molar-refractivity contribution in [2.24, 2.45) is 0 Å². The minimum Gasteiger partial charge on any atom is -0.299 e. The lowest BCUT2D eigenvalue weighted by Gasteiger charge is -2.23. The zero-order chi connectivity index (χ0) is 16.2. The topological polar surface area (TPSA) is 50.8 Å². The zero-order valence-electron chi connectivity index (χ0n) is 13.7. The zero-order valence-corrected chi connectivity index (χ0v) is 13.7. The minimum atomic E-state index is 0.154. The van der Waals surface area contributed by atoms with Crippen molar-refractivity contribution in [3.05, 3.63) is 41.0 Å². The van der Waals surface area contributed by atoms with E-state index in [0.717, 1.165) is 25.2 Å². The predicted octanol–water partition coefficient (Wildman–Crippen LogP) is 4.52. The molecule has 1 aromatic rings. The van der Waals surface area contributed by atoms with E-state index in [0.29, 0.717) is 0 Å². The molecule has 0 atom stereocenters. The van der Waals surface area contributed by atoms with Crippen LogP contribution in [-0.2, 0) is 6.54 Å². The molecule has 0 saturated heterocycles. The van der Waals surface area contributed by atoms with Gasteiger partial charge >= 0.3 is 0 Å². The normalized spacial score (nSPS) is 10.0. The van der Waals surface area contributed by atoms with Gasteiger partial charge in [0.2, 0.25) is 0 Å². The Labute approximate surface area is 134 Å². The molecule has 1 rings (SSSR count). The molecule has 0 unspecified atom stereocenters. The molecule has 0 aliphatic heterocycles. The SMILES string of the molecule is CCCCN(CCCC)Cc1ccccc1C=C(C#N)C#N. The Morgan fingerprint density at radius 2 is 1.64 bits per heavy atom. The van der Waals surface area contributed by atoms with Gasteiger partial charge in [0, 0.05) is 6.54 Å². The molecule has 0 heterocycles. The number of benzene rings is 1. The summed E-state index contributed by atoms with van der Waals surface area (Å²) >= 11 is 0. The highest BCUT2D eigenvalue weighted by Gasteiger charge is 2.08. The van der Waals surface area contributed by atoms with Crippen molar-refractivity contribution in [1.29, 1.82) is 10.5 Å². The second kappa shape index (κ2) is 10.6. The number of allylic oxidation sites excluding steroid dienone is 1. The monoisotopic (exact) mass is 295 g/mol. The van der Waals surface area contributed by atoms with Crippen molar-refractivity contribution in [2.75, 3.05) is 13.1 Å².